The first-order chi connectivity index (χ1) is 8.52. The second-order valence-electron chi connectivity index (χ2n) is 4.96. The molecule has 5 heteroatoms. The van der Waals surface area contributed by atoms with Gasteiger partial charge in [-0.25, -0.2) is 4.39 Å². The van der Waals surface area contributed by atoms with E-state index in [2.05, 4.69) is 15.9 Å². The lowest BCUT2D eigenvalue weighted by atomic mass is 9.69. The van der Waals surface area contributed by atoms with E-state index in [4.69, 9.17) is 5.73 Å². The molecule has 1 aromatic carbocycles. The van der Waals surface area contributed by atoms with Crippen molar-refractivity contribution in [3.8, 4) is 11.5 Å². The van der Waals surface area contributed by atoms with Crippen LogP contribution in [0.5, 0.6) is 11.5 Å². The van der Waals surface area contributed by atoms with Gasteiger partial charge in [0.1, 0.15) is 5.82 Å². The minimum absolute atomic E-state index is 0.213. The van der Waals surface area contributed by atoms with Crippen LogP contribution >= 0.6 is 15.9 Å². The van der Waals surface area contributed by atoms with Crippen molar-refractivity contribution in [1.29, 1.82) is 0 Å². The van der Waals surface area contributed by atoms with E-state index in [9.17, 15) is 14.6 Å². The third-order valence-electron chi connectivity index (χ3n) is 3.90. The molecule has 0 amide bonds. The van der Waals surface area contributed by atoms with Gasteiger partial charge in [-0.2, -0.15) is 0 Å². The van der Waals surface area contributed by atoms with Crippen LogP contribution < -0.4 is 5.73 Å². The molecule has 0 saturated heterocycles. The van der Waals surface area contributed by atoms with Crippen molar-refractivity contribution in [3.05, 3.63) is 21.9 Å². The Bertz CT molecular complexity index is 433. The third kappa shape index (κ3) is 2.10. The molecule has 1 aliphatic rings. The van der Waals surface area contributed by atoms with Crippen molar-refractivity contribution in [3.63, 3.8) is 0 Å². The van der Waals surface area contributed by atoms with Crippen LogP contribution in [-0.2, 0) is 5.41 Å². The van der Waals surface area contributed by atoms with Crippen LogP contribution in [0, 0.1) is 5.82 Å². The molecule has 0 atom stereocenters. The van der Waals surface area contributed by atoms with E-state index in [0.717, 1.165) is 38.2 Å². The molecule has 2 rings (SSSR count). The Morgan fingerprint density at radius 1 is 1.28 bits per heavy atom. The van der Waals surface area contributed by atoms with E-state index in [1.165, 1.54) is 0 Å². The second-order valence-corrected chi connectivity index (χ2v) is 5.75. The van der Waals surface area contributed by atoms with E-state index in [-0.39, 0.29) is 10.2 Å². The van der Waals surface area contributed by atoms with Gasteiger partial charge in [0.15, 0.2) is 11.5 Å². The average molecular weight is 318 g/mol. The van der Waals surface area contributed by atoms with E-state index >= 15 is 0 Å². The van der Waals surface area contributed by atoms with Crippen LogP contribution in [0.3, 0.4) is 0 Å². The Kier molecular flexibility index (Phi) is 3.82. The highest BCUT2D eigenvalue weighted by atomic mass is 79.9. The van der Waals surface area contributed by atoms with Crippen LogP contribution in [-0.4, -0.2) is 16.8 Å². The van der Waals surface area contributed by atoms with Crippen molar-refractivity contribution in [2.75, 3.05) is 6.54 Å². The second kappa shape index (κ2) is 5.05. The number of phenolic OH excluding ortho intramolecular Hbond substituents is 2. The number of hydrogen-bond acceptors (Lipinski definition) is 3. The molecule has 0 radical (unpaired) electrons. The summed E-state index contributed by atoms with van der Waals surface area (Å²) in [5.74, 6) is -1.25. The molecule has 0 aliphatic heterocycles. The van der Waals surface area contributed by atoms with Gasteiger partial charge in [0.05, 0.1) is 4.47 Å². The monoisotopic (exact) mass is 317 g/mol. The topological polar surface area (TPSA) is 66.5 Å². The highest BCUT2D eigenvalue weighted by molar-refractivity contribution is 9.10. The standard InChI is InChI=1S/C13H17BrFNO2/c14-11-8(15)6-9(17)12(18)10(11)13(7-16)4-2-1-3-5-13/h6,17-18H,1-5,7,16H2. The van der Waals surface area contributed by atoms with Gasteiger partial charge >= 0.3 is 0 Å². The van der Waals surface area contributed by atoms with Crippen molar-refractivity contribution in [1.82, 2.24) is 0 Å². The fourth-order valence-corrected chi connectivity index (χ4v) is 3.59. The largest absolute Gasteiger partial charge is 0.504 e. The van der Waals surface area contributed by atoms with E-state index in [1.807, 2.05) is 0 Å². The van der Waals surface area contributed by atoms with E-state index in [1.54, 1.807) is 0 Å². The normalized spacial score (nSPS) is 18.8. The minimum atomic E-state index is -0.571. The molecule has 1 fully saturated rings. The molecule has 18 heavy (non-hydrogen) atoms. The first-order valence-corrected chi connectivity index (χ1v) is 6.91. The number of phenols is 2. The number of rotatable bonds is 2. The molecule has 3 nitrogen and oxygen atoms in total. The van der Waals surface area contributed by atoms with Crippen LogP contribution in [0.1, 0.15) is 37.7 Å². The zero-order chi connectivity index (χ0) is 13.3. The zero-order valence-electron chi connectivity index (χ0n) is 10.0. The number of benzene rings is 1. The Morgan fingerprint density at radius 2 is 1.89 bits per heavy atom. The van der Waals surface area contributed by atoms with Gasteiger partial charge in [-0.05, 0) is 28.8 Å². The zero-order valence-corrected chi connectivity index (χ0v) is 11.6. The van der Waals surface area contributed by atoms with Crippen molar-refractivity contribution < 1.29 is 14.6 Å². The maximum absolute atomic E-state index is 13.7. The Balaban J connectivity index is 2.61. The molecular formula is C13H17BrFNO2. The third-order valence-corrected chi connectivity index (χ3v) is 4.68. The predicted molar refractivity (Wildman–Crippen MR) is 71.2 cm³/mol. The Morgan fingerprint density at radius 3 is 2.44 bits per heavy atom. The van der Waals surface area contributed by atoms with Gasteiger partial charge in [0.2, 0.25) is 0 Å². The lowest BCUT2D eigenvalue weighted by Crippen LogP contribution is -2.37. The van der Waals surface area contributed by atoms with Gasteiger partial charge in [-0.15, -0.1) is 0 Å². The minimum Gasteiger partial charge on any atom is -0.504 e. The average Bonchev–Trinajstić information content (AvgIpc) is 2.38. The molecule has 100 valence electrons. The molecule has 0 bridgehead atoms. The number of hydrogen-bond donors (Lipinski definition) is 3. The summed E-state index contributed by atoms with van der Waals surface area (Å²) in [5.41, 5.74) is 5.85. The molecule has 0 aromatic heterocycles. The van der Waals surface area contributed by atoms with Gasteiger partial charge < -0.3 is 15.9 Å². The molecular weight excluding hydrogens is 301 g/mol. The molecule has 0 spiro atoms. The SMILES string of the molecule is NCC1(c2c(O)c(O)cc(F)c2Br)CCCCC1. The molecule has 4 N–H and O–H groups in total. The maximum atomic E-state index is 13.7. The summed E-state index contributed by atoms with van der Waals surface area (Å²) in [5, 5.41) is 19.6. The van der Waals surface area contributed by atoms with Gasteiger partial charge in [-0.1, -0.05) is 19.3 Å². The van der Waals surface area contributed by atoms with Crippen LogP contribution in [0.4, 0.5) is 4.39 Å². The fourth-order valence-electron chi connectivity index (χ4n) is 2.87. The quantitative estimate of drug-likeness (QED) is 0.734. The summed E-state index contributed by atoms with van der Waals surface area (Å²) < 4.78 is 13.9. The van der Waals surface area contributed by atoms with Crippen LogP contribution in [0.25, 0.3) is 0 Å². The van der Waals surface area contributed by atoms with Crippen LogP contribution in [0.2, 0.25) is 0 Å². The van der Waals surface area contributed by atoms with Gasteiger partial charge in [0.25, 0.3) is 0 Å². The summed E-state index contributed by atoms with van der Waals surface area (Å²) >= 11 is 3.18. The van der Waals surface area contributed by atoms with E-state index < -0.39 is 17.0 Å². The number of halogens is 2. The lowest BCUT2D eigenvalue weighted by Gasteiger charge is -2.38. The smallest absolute Gasteiger partial charge is 0.162 e. The van der Waals surface area contributed by atoms with Crippen molar-refractivity contribution >= 4 is 15.9 Å². The number of aromatic hydroxyl groups is 2. The predicted octanol–water partition coefficient (Wildman–Crippen LogP) is 3.16. The fraction of sp³-hybridized carbons (Fsp3) is 0.538. The summed E-state index contributed by atoms with van der Waals surface area (Å²) in [6, 6.07) is 0.913. The molecule has 1 aromatic rings. The highest BCUT2D eigenvalue weighted by Gasteiger charge is 2.38. The Hall–Kier alpha value is -0.810. The first kappa shape index (κ1) is 13.6. The first-order valence-electron chi connectivity index (χ1n) is 6.12. The summed E-state index contributed by atoms with van der Waals surface area (Å²) in [4.78, 5) is 0. The molecule has 0 unspecified atom stereocenters. The lowest BCUT2D eigenvalue weighted by molar-refractivity contribution is 0.283. The summed E-state index contributed by atoms with van der Waals surface area (Å²) in [6.07, 6.45) is 4.74. The van der Waals surface area contributed by atoms with Crippen LogP contribution in [0.15, 0.2) is 10.5 Å². The van der Waals surface area contributed by atoms with Gasteiger partial charge in [0, 0.05) is 23.6 Å². The molecule has 0 heterocycles. The Labute approximate surface area is 114 Å². The molecule has 1 saturated carbocycles. The number of nitrogens with two attached hydrogens (primary N) is 1. The highest BCUT2D eigenvalue weighted by Crippen LogP contribution is 2.49. The van der Waals surface area contributed by atoms with Crippen molar-refractivity contribution in [2.24, 2.45) is 5.73 Å². The molecule has 1 aliphatic carbocycles. The summed E-state index contributed by atoms with van der Waals surface area (Å²) in [7, 11) is 0. The van der Waals surface area contributed by atoms with Gasteiger partial charge in [-0.3, -0.25) is 0 Å². The maximum Gasteiger partial charge on any atom is 0.162 e. The summed E-state index contributed by atoms with van der Waals surface area (Å²) in [6.45, 7) is 0.335. The van der Waals surface area contributed by atoms with Crippen molar-refractivity contribution in [2.45, 2.75) is 37.5 Å². The van der Waals surface area contributed by atoms with E-state index in [0.29, 0.717) is 12.1 Å².